The first kappa shape index (κ1) is 21.2. The molecule has 0 aliphatic carbocycles. The van der Waals surface area contributed by atoms with Gasteiger partial charge in [-0.05, 0) is 61.5 Å². The zero-order valence-electron chi connectivity index (χ0n) is 16.5. The second-order valence-electron chi connectivity index (χ2n) is 6.13. The molecule has 0 aliphatic heterocycles. The molecule has 1 N–H and O–H groups in total. The quantitative estimate of drug-likeness (QED) is 0.534. The SMILES string of the molecule is CCOC(=O)c1cccc(NS(=O)(=O)c2ccc(Oc3ccccc3OC)cc2)c1. The van der Waals surface area contributed by atoms with E-state index in [4.69, 9.17) is 14.2 Å². The highest BCUT2D eigenvalue weighted by atomic mass is 32.2. The lowest BCUT2D eigenvalue weighted by Gasteiger charge is -2.12. The highest BCUT2D eigenvalue weighted by Gasteiger charge is 2.16. The van der Waals surface area contributed by atoms with E-state index in [9.17, 15) is 13.2 Å². The van der Waals surface area contributed by atoms with Crippen LogP contribution in [0.1, 0.15) is 17.3 Å². The van der Waals surface area contributed by atoms with Crippen LogP contribution in [0.25, 0.3) is 0 Å². The van der Waals surface area contributed by atoms with E-state index in [0.29, 0.717) is 17.2 Å². The molecule has 3 aromatic carbocycles. The molecule has 0 fully saturated rings. The van der Waals surface area contributed by atoms with Crippen molar-refractivity contribution >= 4 is 21.7 Å². The van der Waals surface area contributed by atoms with Gasteiger partial charge >= 0.3 is 5.97 Å². The van der Waals surface area contributed by atoms with Crippen LogP contribution in [0.4, 0.5) is 5.69 Å². The largest absolute Gasteiger partial charge is 0.493 e. The molecular weight excluding hydrogens is 406 g/mol. The summed E-state index contributed by atoms with van der Waals surface area (Å²) in [5.41, 5.74) is 0.521. The van der Waals surface area contributed by atoms with Gasteiger partial charge in [-0.15, -0.1) is 0 Å². The van der Waals surface area contributed by atoms with E-state index in [1.807, 2.05) is 12.1 Å². The molecule has 0 bridgehead atoms. The standard InChI is InChI=1S/C22H21NO6S/c1-3-28-22(24)16-7-6-8-17(15-16)23-30(25,26)19-13-11-18(12-14-19)29-21-10-5-4-9-20(21)27-2/h4-15,23H,3H2,1-2H3. The Balaban J connectivity index is 1.75. The summed E-state index contributed by atoms with van der Waals surface area (Å²) < 4.78 is 43.8. The van der Waals surface area contributed by atoms with Crippen LogP contribution in [0.15, 0.2) is 77.7 Å². The van der Waals surface area contributed by atoms with E-state index in [0.717, 1.165) is 0 Å². The van der Waals surface area contributed by atoms with Gasteiger partial charge in [0.2, 0.25) is 0 Å². The Morgan fingerprint density at radius 2 is 1.63 bits per heavy atom. The highest BCUT2D eigenvalue weighted by molar-refractivity contribution is 7.92. The molecule has 3 aromatic rings. The van der Waals surface area contributed by atoms with Gasteiger partial charge in [0.1, 0.15) is 5.75 Å². The molecule has 0 heterocycles. The van der Waals surface area contributed by atoms with Crippen LogP contribution in [0, 0.1) is 0 Å². The van der Waals surface area contributed by atoms with Crippen LogP contribution in [0.5, 0.6) is 17.2 Å². The van der Waals surface area contributed by atoms with Crippen molar-refractivity contribution in [2.45, 2.75) is 11.8 Å². The minimum Gasteiger partial charge on any atom is -0.493 e. The number of ether oxygens (including phenoxy) is 3. The Kier molecular flexibility index (Phi) is 6.58. The molecule has 0 aromatic heterocycles. The fraction of sp³-hybridized carbons (Fsp3) is 0.136. The summed E-state index contributed by atoms with van der Waals surface area (Å²) in [5.74, 6) is 1.03. The highest BCUT2D eigenvalue weighted by Crippen LogP contribution is 2.31. The first-order chi connectivity index (χ1) is 14.4. The third-order valence-corrected chi connectivity index (χ3v) is 5.45. The number of hydrogen-bond donors (Lipinski definition) is 1. The smallest absolute Gasteiger partial charge is 0.338 e. The van der Waals surface area contributed by atoms with Gasteiger partial charge in [-0.1, -0.05) is 18.2 Å². The van der Waals surface area contributed by atoms with Crippen LogP contribution >= 0.6 is 0 Å². The first-order valence-corrected chi connectivity index (χ1v) is 10.6. The van der Waals surface area contributed by atoms with Gasteiger partial charge in [-0.3, -0.25) is 4.72 Å². The molecule has 156 valence electrons. The van der Waals surface area contributed by atoms with E-state index >= 15 is 0 Å². The molecule has 0 radical (unpaired) electrons. The maximum Gasteiger partial charge on any atom is 0.338 e. The molecule has 7 nitrogen and oxygen atoms in total. The Hall–Kier alpha value is -3.52. The summed E-state index contributed by atoms with van der Waals surface area (Å²) in [5, 5.41) is 0. The van der Waals surface area contributed by atoms with Crippen molar-refractivity contribution in [1.29, 1.82) is 0 Å². The minimum atomic E-state index is -3.85. The van der Waals surface area contributed by atoms with Crippen LogP contribution in [0.3, 0.4) is 0 Å². The fourth-order valence-electron chi connectivity index (χ4n) is 2.66. The number of rotatable bonds is 8. The van der Waals surface area contributed by atoms with Gasteiger partial charge in [0.15, 0.2) is 11.5 Å². The van der Waals surface area contributed by atoms with Crippen molar-refractivity contribution in [2.24, 2.45) is 0 Å². The normalized spacial score (nSPS) is 10.9. The minimum absolute atomic E-state index is 0.0522. The maximum absolute atomic E-state index is 12.7. The topological polar surface area (TPSA) is 90.9 Å². The molecule has 0 unspecified atom stereocenters. The number of carbonyl (C=O) groups is 1. The summed E-state index contributed by atoms with van der Waals surface area (Å²) >= 11 is 0. The zero-order chi connectivity index (χ0) is 21.6. The van der Waals surface area contributed by atoms with Crippen molar-refractivity contribution in [3.63, 3.8) is 0 Å². The van der Waals surface area contributed by atoms with Crippen molar-refractivity contribution in [2.75, 3.05) is 18.4 Å². The zero-order valence-corrected chi connectivity index (χ0v) is 17.3. The van der Waals surface area contributed by atoms with Crippen LogP contribution < -0.4 is 14.2 Å². The lowest BCUT2D eigenvalue weighted by molar-refractivity contribution is 0.0526. The predicted molar refractivity (Wildman–Crippen MR) is 113 cm³/mol. The van der Waals surface area contributed by atoms with Gasteiger partial charge in [-0.2, -0.15) is 0 Å². The van der Waals surface area contributed by atoms with E-state index < -0.39 is 16.0 Å². The molecular formula is C22H21NO6S. The van der Waals surface area contributed by atoms with Crippen molar-refractivity contribution in [1.82, 2.24) is 0 Å². The molecule has 8 heteroatoms. The summed E-state index contributed by atoms with van der Waals surface area (Å²) in [6.45, 7) is 1.93. The lowest BCUT2D eigenvalue weighted by atomic mass is 10.2. The lowest BCUT2D eigenvalue weighted by Crippen LogP contribution is -2.13. The molecule has 0 spiro atoms. The predicted octanol–water partition coefficient (Wildman–Crippen LogP) is 4.47. The molecule has 0 atom stereocenters. The third kappa shape index (κ3) is 5.09. The number of methoxy groups -OCH3 is 1. The van der Waals surface area contributed by atoms with Gasteiger partial charge in [0.05, 0.1) is 24.2 Å². The number of esters is 1. The second kappa shape index (κ2) is 9.32. The van der Waals surface area contributed by atoms with E-state index in [-0.39, 0.29) is 22.8 Å². The Morgan fingerprint density at radius 3 is 2.30 bits per heavy atom. The Labute approximate surface area is 175 Å². The van der Waals surface area contributed by atoms with Crippen LogP contribution in [0.2, 0.25) is 0 Å². The van der Waals surface area contributed by atoms with Crippen molar-refractivity contribution < 1.29 is 27.4 Å². The van der Waals surface area contributed by atoms with Crippen molar-refractivity contribution in [3.05, 3.63) is 78.4 Å². The van der Waals surface area contributed by atoms with E-state index in [2.05, 4.69) is 4.72 Å². The Morgan fingerprint density at radius 1 is 0.933 bits per heavy atom. The van der Waals surface area contributed by atoms with E-state index in [1.165, 1.54) is 18.2 Å². The average Bonchev–Trinajstić information content (AvgIpc) is 2.74. The number of sulfonamides is 1. The second-order valence-corrected chi connectivity index (χ2v) is 7.81. The van der Waals surface area contributed by atoms with Crippen LogP contribution in [-0.4, -0.2) is 28.1 Å². The summed E-state index contributed by atoms with van der Waals surface area (Å²) in [6.07, 6.45) is 0. The number of hydrogen-bond acceptors (Lipinski definition) is 6. The molecule has 0 saturated carbocycles. The van der Waals surface area contributed by atoms with Crippen molar-refractivity contribution in [3.8, 4) is 17.2 Å². The number of anilines is 1. The van der Waals surface area contributed by atoms with E-state index in [1.54, 1.807) is 56.5 Å². The monoisotopic (exact) mass is 427 g/mol. The van der Waals surface area contributed by atoms with Gasteiger partial charge < -0.3 is 14.2 Å². The van der Waals surface area contributed by atoms with Crippen LogP contribution in [-0.2, 0) is 14.8 Å². The summed E-state index contributed by atoms with van der Waals surface area (Å²) in [7, 11) is -2.31. The summed E-state index contributed by atoms with van der Waals surface area (Å²) in [4.78, 5) is 11.9. The molecule has 3 rings (SSSR count). The number of para-hydroxylation sites is 2. The number of nitrogens with one attached hydrogen (secondary N) is 1. The van der Waals surface area contributed by atoms with Gasteiger partial charge in [0, 0.05) is 5.69 Å². The molecule has 0 saturated heterocycles. The third-order valence-electron chi connectivity index (χ3n) is 4.06. The molecule has 30 heavy (non-hydrogen) atoms. The Bertz CT molecular complexity index is 1130. The first-order valence-electron chi connectivity index (χ1n) is 9.14. The van der Waals surface area contributed by atoms with Gasteiger partial charge in [-0.25, -0.2) is 13.2 Å². The average molecular weight is 427 g/mol. The fourth-order valence-corrected chi connectivity index (χ4v) is 3.70. The van der Waals surface area contributed by atoms with Gasteiger partial charge in [0.25, 0.3) is 10.0 Å². The maximum atomic E-state index is 12.7. The number of benzene rings is 3. The summed E-state index contributed by atoms with van der Waals surface area (Å²) in [6, 6.07) is 19.2. The number of carbonyl (C=O) groups excluding carboxylic acids is 1. The molecule has 0 aliphatic rings. The molecule has 0 amide bonds.